The number of aromatic amines is 1. The number of aliphatic hydroxyl groups is 1. The van der Waals surface area contributed by atoms with Crippen LogP contribution in [0.5, 0.6) is 0 Å². The first-order valence-electron chi connectivity index (χ1n) is 7.81. The Kier molecular flexibility index (Phi) is 4.40. The summed E-state index contributed by atoms with van der Waals surface area (Å²) in [7, 11) is 0. The summed E-state index contributed by atoms with van der Waals surface area (Å²) in [4.78, 5) is 14.0. The number of β-amino-alcohol motifs (C(OH)–C–C–N with tert-alkyl or cyclic N) is 1. The highest BCUT2D eigenvalue weighted by Crippen LogP contribution is 2.25. The van der Waals surface area contributed by atoms with E-state index in [0.717, 1.165) is 16.0 Å². The maximum atomic E-state index is 13.1. The number of hydrogen-bond donors (Lipinski definition) is 2. The van der Waals surface area contributed by atoms with Gasteiger partial charge in [-0.1, -0.05) is 0 Å². The van der Waals surface area contributed by atoms with Gasteiger partial charge in [-0.25, -0.2) is 0 Å². The smallest absolute Gasteiger partial charge is 0.319 e. The Hall–Kier alpha value is -2.22. The van der Waals surface area contributed by atoms with Gasteiger partial charge in [0.2, 0.25) is 0 Å². The number of likely N-dealkylation sites (tertiary alicyclic amines) is 1. The van der Waals surface area contributed by atoms with E-state index in [1.54, 1.807) is 0 Å². The summed E-state index contributed by atoms with van der Waals surface area (Å²) in [6.07, 6.45) is -0.161. The zero-order chi connectivity index (χ0) is 17.4. The number of H-pyrrole nitrogens is 1. The molecule has 8 heteroatoms. The van der Waals surface area contributed by atoms with Crippen LogP contribution in [0, 0.1) is 19.8 Å². The van der Waals surface area contributed by atoms with Gasteiger partial charge in [-0.3, -0.25) is 14.5 Å². The first kappa shape index (κ1) is 16.6. The molecule has 0 aliphatic carbocycles. The number of aromatic nitrogens is 3. The van der Waals surface area contributed by atoms with E-state index in [2.05, 4.69) is 10.2 Å². The SMILES string of the molecule is Cc1cc(C[C@@H]2CN(C(=O)c3ccc(C)n3C(F)F)C[C@@H]2O)n[nH]1. The van der Waals surface area contributed by atoms with Crippen molar-refractivity contribution in [2.24, 2.45) is 5.92 Å². The maximum Gasteiger partial charge on any atom is 0.319 e. The standard InChI is InChI=1S/C16H20F2N4O2/c1-9-5-12(20-19-9)6-11-7-21(8-14(11)23)15(24)13-4-3-10(2)22(13)16(17)18/h3-5,11,14,16,23H,6-8H2,1-2H3,(H,19,20)/t11-,14+/m1/s1. The van der Waals surface area contributed by atoms with Gasteiger partial charge in [0.1, 0.15) is 5.69 Å². The summed E-state index contributed by atoms with van der Waals surface area (Å²) in [5.41, 5.74) is 2.02. The van der Waals surface area contributed by atoms with Gasteiger partial charge in [-0.15, -0.1) is 0 Å². The van der Waals surface area contributed by atoms with E-state index >= 15 is 0 Å². The van der Waals surface area contributed by atoms with Crippen molar-refractivity contribution in [3.63, 3.8) is 0 Å². The number of carbonyl (C=O) groups is 1. The number of aryl methyl sites for hydroxylation is 2. The Morgan fingerprint density at radius 2 is 2.17 bits per heavy atom. The lowest BCUT2D eigenvalue weighted by Crippen LogP contribution is -2.31. The van der Waals surface area contributed by atoms with Gasteiger partial charge < -0.3 is 10.0 Å². The summed E-state index contributed by atoms with van der Waals surface area (Å²) in [6.45, 7) is 1.11. The number of aliphatic hydroxyl groups excluding tert-OH is 1. The quantitative estimate of drug-likeness (QED) is 0.894. The van der Waals surface area contributed by atoms with Crippen molar-refractivity contribution in [3.8, 4) is 0 Å². The molecule has 0 unspecified atom stereocenters. The monoisotopic (exact) mass is 338 g/mol. The number of nitrogens with zero attached hydrogens (tertiary/aromatic N) is 3. The molecule has 1 aliphatic rings. The molecule has 2 aromatic rings. The van der Waals surface area contributed by atoms with Gasteiger partial charge in [0.25, 0.3) is 5.91 Å². The highest BCUT2D eigenvalue weighted by atomic mass is 19.3. The molecule has 0 radical (unpaired) electrons. The lowest BCUT2D eigenvalue weighted by molar-refractivity contribution is 0.0558. The Morgan fingerprint density at radius 1 is 1.42 bits per heavy atom. The average Bonchev–Trinajstić information content (AvgIpc) is 3.19. The van der Waals surface area contributed by atoms with Crippen molar-refractivity contribution in [2.45, 2.75) is 32.9 Å². The summed E-state index contributed by atoms with van der Waals surface area (Å²) >= 11 is 0. The molecule has 0 saturated carbocycles. The molecule has 1 amide bonds. The van der Waals surface area contributed by atoms with Crippen molar-refractivity contribution >= 4 is 5.91 Å². The minimum atomic E-state index is -2.77. The molecular weight excluding hydrogens is 318 g/mol. The van der Waals surface area contributed by atoms with Crippen LogP contribution in [0.3, 0.4) is 0 Å². The van der Waals surface area contributed by atoms with Gasteiger partial charge >= 0.3 is 6.55 Å². The third kappa shape index (κ3) is 3.06. The van der Waals surface area contributed by atoms with Crippen molar-refractivity contribution in [1.29, 1.82) is 0 Å². The molecule has 1 saturated heterocycles. The molecule has 1 fully saturated rings. The summed E-state index contributed by atoms with van der Waals surface area (Å²) in [6, 6.07) is 4.79. The maximum absolute atomic E-state index is 13.1. The topological polar surface area (TPSA) is 74.2 Å². The first-order valence-corrected chi connectivity index (χ1v) is 7.81. The molecule has 0 spiro atoms. The summed E-state index contributed by atoms with van der Waals surface area (Å²) < 4.78 is 27.0. The molecule has 1 aliphatic heterocycles. The molecule has 130 valence electrons. The Morgan fingerprint density at radius 3 is 2.79 bits per heavy atom. The number of hydrogen-bond acceptors (Lipinski definition) is 3. The third-order valence-electron chi connectivity index (χ3n) is 4.46. The minimum absolute atomic E-state index is 0.0500. The van der Waals surface area contributed by atoms with Gasteiger partial charge in [0.05, 0.1) is 11.8 Å². The minimum Gasteiger partial charge on any atom is -0.391 e. The van der Waals surface area contributed by atoms with E-state index in [-0.39, 0.29) is 18.2 Å². The van der Waals surface area contributed by atoms with Crippen LogP contribution < -0.4 is 0 Å². The molecule has 3 rings (SSSR count). The van der Waals surface area contributed by atoms with Crippen LogP contribution in [-0.2, 0) is 6.42 Å². The van der Waals surface area contributed by atoms with Crippen LogP contribution in [0.4, 0.5) is 8.78 Å². The van der Waals surface area contributed by atoms with E-state index in [9.17, 15) is 18.7 Å². The van der Waals surface area contributed by atoms with E-state index in [0.29, 0.717) is 18.7 Å². The second-order valence-electron chi connectivity index (χ2n) is 6.29. The molecular formula is C16H20F2N4O2. The summed E-state index contributed by atoms with van der Waals surface area (Å²) in [5.74, 6) is -0.643. The zero-order valence-corrected chi connectivity index (χ0v) is 13.5. The molecule has 3 heterocycles. The van der Waals surface area contributed by atoms with Crippen molar-refractivity contribution in [3.05, 3.63) is 41.0 Å². The average molecular weight is 338 g/mol. The fourth-order valence-electron chi connectivity index (χ4n) is 3.21. The van der Waals surface area contributed by atoms with Crippen LogP contribution in [0.1, 0.15) is 34.1 Å². The fraction of sp³-hybridized carbons (Fsp3) is 0.500. The van der Waals surface area contributed by atoms with Crippen molar-refractivity contribution in [1.82, 2.24) is 19.7 Å². The number of carbonyl (C=O) groups excluding carboxylic acids is 1. The third-order valence-corrected chi connectivity index (χ3v) is 4.46. The van der Waals surface area contributed by atoms with Crippen LogP contribution in [0.15, 0.2) is 18.2 Å². The second kappa shape index (κ2) is 6.35. The van der Waals surface area contributed by atoms with Crippen LogP contribution >= 0.6 is 0 Å². The predicted octanol–water partition coefficient (Wildman–Crippen LogP) is 1.90. The van der Waals surface area contributed by atoms with E-state index < -0.39 is 18.6 Å². The largest absolute Gasteiger partial charge is 0.391 e. The van der Waals surface area contributed by atoms with Crippen LogP contribution in [0.2, 0.25) is 0 Å². The van der Waals surface area contributed by atoms with Crippen molar-refractivity contribution in [2.75, 3.05) is 13.1 Å². The molecule has 0 bridgehead atoms. The normalized spacial score (nSPS) is 21.0. The highest BCUT2D eigenvalue weighted by molar-refractivity contribution is 5.93. The number of halogens is 2. The number of nitrogens with one attached hydrogen (secondary N) is 1. The van der Waals surface area contributed by atoms with E-state index in [1.165, 1.54) is 24.0 Å². The first-order chi connectivity index (χ1) is 11.4. The molecule has 0 aromatic carbocycles. The van der Waals surface area contributed by atoms with Crippen LogP contribution in [-0.4, -0.2) is 49.9 Å². The molecule has 2 atom stereocenters. The van der Waals surface area contributed by atoms with Gasteiger partial charge in [-0.05, 0) is 38.5 Å². The lowest BCUT2D eigenvalue weighted by Gasteiger charge is -2.18. The Bertz CT molecular complexity index is 740. The predicted molar refractivity (Wildman–Crippen MR) is 82.9 cm³/mol. The molecule has 6 nitrogen and oxygen atoms in total. The van der Waals surface area contributed by atoms with E-state index in [4.69, 9.17) is 0 Å². The van der Waals surface area contributed by atoms with Crippen LogP contribution in [0.25, 0.3) is 0 Å². The number of alkyl halides is 2. The Balaban J connectivity index is 1.73. The molecule has 2 N–H and O–H groups in total. The fourth-order valence-corrected chi connectivity index (χ4v) is 3.21. The Labute approximate surface area is 138 Å². The van der Waals surface area contributed by atoms with Gasteiger partial charge in [0, 0.05) is 30.4 Å². The number of rotatable bonds is 4. The van der Waals surface area contributed by atoms with Gasteiger partial charge in [0.15, 0.2) is 0 Å². The molecule has 24 heavy (non-hydrogen) atoms. The second-order valence-corrected chi connectivity index (χ2v) is 6.29. The lowest BCUT2D eigenvalue weighted by atomic mass is 10.0. The van der Waals surface area contributed by atoms with Crippen molar-refractivity contribution < 1.29 is 18.7 Å². The van der Waals surface area contributed by atoms with Gasteiger partial charge in [-0.2, -0.15) is 13.9 Å². The summed E-state index contributed by atoms with van der Waals surface area (Å²) in [5, 5.41) is 17.2. The van der Waals surface area contributed by atoms with E-state index in [1.807, 2.05) is 13.0 Å². The highest BCUT2D eigenvalue weighted by Gasteiger charge is 2.36. The molecule has 2 aromatic heterocycles. The number of amides is 1. The zero-order valence-electron chi connectivity index (χ0n) is 13.5.